The van der Waals surface area contributed by atoms with Crippen molar-refractivity contribution >= 4 is 22.5 Å². The van der Waals surface area contributed by atoms with Crippen molar-refractivity contribution in [1.29, 1.82) is 0 Å². The second-order valence-corrected chi connectivity index (χ2v) is 3.30. The van der Waals surface area contributed by atoms with Gasteiger partial charge in [-0.25, -0.2) is 0 Å². The Morgan fingerprint density at radius 2 is 2.14 bits per heavy atom. The minimum Gasteiger partial charge on any atom is -0.497 e. The molecule has 4 heteroatoms. The van der Waals surface area contributed by atoms with Crippen molar-refractivity contribution in [1.82, 2.24) is 4.98 Å². The molecule has 0 aliphatic heterocycles. The number of methoxy groups -OCH3 is 1. The van der Waals surface area contributed by atoms with Crippen LogP contribution in [0.15, 0.2) is 29.1 Å². The average molecular weight is 210 g/mol. The first kappa shape index (κ1) is 9.09. The number of H-pyrrole nitrogens is 1. The van der Waals surface area contributed by atoms with E-state index in [4.69, 9.17) is 16.3 Å². The maximum Gasteiger partial charge on any atom is 0.249 e. The van der Waals surface area contributed by atoms with Crippen LogP contribution in [0.5, 0.6) is 5.75 Å². The number of nitrogens with one attached hydrogen (secondary N) is 1. The zero-order chi connectivity index (χ0) is 10.1. The van der Waals surface area contributed by atoms with Crippen LogP contribution in [0, 0.1) is 0 Å². The summed E-state index contributed by atoms with van der Waals surface area (Å²) >= 11 is 5.90. The number of rotatable bonds is 1. The van der Waals surface area contributed by atoms with Gasteiger partial charge in [0.15, 0.2) is 0 Å². The molecule has 0 aliphatic rings. The molecule has 0 atom stereocenters. The highest BCUT2D eigenvalue weighted by Gasteiger charge is 2.01. The predicted octanol–water partition coefficient (Wildman–Crippen LogP) is 2.19. The number of ether oxygens (including phenoxy) is 1. The number of benzene rings is 1. The SMILES string of the molecule is COc1ccc2c(Cl)cc(=O)[nH]c2c1. The molecule has 1 aromatic heterocycles. The van der Waals surface area contributed by atoms with Gasteiger partial charge in [-0.15, -0.1) is 0 Å². The largest absolute Gasteiger partial charge is 0.497 e. The Balaban J connectivity index is 2.82. The summed E-state index contributed by atoms with van der Waals surface area (Å²) in [5.74, 6) is 0.690. The highest BCUT2D eigenvalue weighted by molar-refractivity contribution is 6.35. The van der Waals surface area contributed by atoms with Crippen molar-refractivity contribution in [2.75, 3.05) is 7.11 Å². The summed E-state index contributed by atoms with van der Waals surface area (Å²) in [6.07, 6.45) is 0. The van der Waals surface area contributed by atoms with E-state index in [0.29, 0.717) is 16.3 Å². The normalized spacial score (nSPS) is 10.4. The Bertz CT molecular complexity index is 533. The molecule has 0 aliphatic carbocycles. The molecule has 0 radical (unpaired) electrons. The summed E-state index contributed by atoms with van der Waals surface area (Å²) in [6.45, 7) is 0. The van der Waals surface area contributed by atoms with Gasteiger partial charge in [-0.3, -0.25) is 4.79 Å². The molecule has 2 rings (SSSR count). The fourth-order valence-electron chi connectivity index (χ4n) is 1.32. The maximum atomic E-state index is 11.1. The standard InChI is InChI=1S/C10H8ClNO2/c1-14-6-2-3-7-8(11)5-10(13)12-9(7)4-6/h2-5H,1H3,(H,12,13). The number of halogens is 1. The van der Waals surface area contributed by atoms with Crippen LogP contribution in [0.25, 0.3) is 10.9 Å². The second kappa shape index (κ2) is 3.35. The molecule has 0 saturated heterocycles. The predicted molar refractivity (Wildman–Crippen MR) is 56.1 cm³/mol. The van der Waals surface area contributed by atoms with Crippen LogP contribution in [0.4, 0.5) is 0 Å². The molecule has 0 unspecified atom stereocenters. The summed E-state index contributed by atoms with van der Waals surface area (Å²) in [7, 11) is 1.57. The Labute approximate surface area is 85.3 Å². The summed E-state index contributed by atoms with van der Waals surface area (Å²) < 4.78 is 5.04. The van der Waals surface area contributed by atoms with Crippen LogP contribution in [-0.4, -0.2) is 12.1 Å². The Morgan fingerprint density at radius 3 is 2.86 bits per heavy atom. The van der Waals surface area contributed by atoms with E-state index < -0.39 is 0 Å². The molecule has 0 bridgehead atoms. The van der Waals surface area contributed by atoms with E-state index in [-0.39, 0.29) is 5.56 Å². The summed E-state index contributed by atoms with van der Waals surface area (Å²) in [4.78, 5) is 13.8. The van der Waals surface area contributed by atoms with E-state index in [1.165, 1.54) is 6.07 Å². The van der Waals surface area contributed by atoms with Crippen LogP contribution >= 0.6 is 11.6 Å². The van der Waals surface area contributed by atoms with E-state index in [1.807, 2.05) is 6.07 Å². The number of hydrogen-bond acceptors (Lipinski definition) is 2. The van der Waals surface area contributed by atoms with E-state index in [9.17, 15) is 4.79 Å². The molecule has 72 valence electrons. The highest BCUT2D eigenvalue weighted by atomic mass is 35.5. The van der Waals surface area contributed by atoms with E-state index in [2.05, 4.69) is 4.98 Å². The third-order valence-electron chi connectivity index (χ3n) is 2.00. The lowest BCUT2D eigenvalue weighted by Crippen LogP contribution is -2.03. The molecule has 2 aromatic rings. The van der Waals surface area contributed by atoms with Crippen molar-refractivity contribution in [2.24, 2.45) is 0 Å². The lowest BCUT2D eigenvalue weighted by Gasteiger charge is -2.02. The van der Waals surface area contributed by atoms with Crippen LogP contribution < -0.4 is 10.3 Å². The van der Waals surface area contributed by atoms with Crippen molar-refractivity contribution in [2.45, 2.75) is 0 Å². The number of aromatic amines is 1. The first-order valence-corrected chi connectivity index (χ1v) is 4.45. The molecule has 0 saturated carbocycles. The molecule has 3 nitrogen and oxygen atoms in total. The maximum absolute atomic E-state index is 11.1. The molecule has 14 heavy (non-hydrogen) atoms. The topological polar surface area (TPSA) is 42.1 Å². The van der Waals surface area contributed by atoms with Crippen LogP contribution in [-0.2, 0) is 0 Å². The van der Waals surface area contributed by atoms with Gasteiger partial charge in [0.1, 0.15) is 5.75 Å². The molecule has 1 aromatic carbocycles. The highest BCUT2D eigenvalue weighted by Crippen LogP contribution is 2.23. The Kier molecular flexibility index (Phi) is 2.17. The molecular weight excluding hydrogens is 202 g/mol. The van der Waals surface area contributed by atoms with Gasteiger partial charge >= 0.3 is 0 Å². The van der Waals surface area contributed by atoms with Gasteiger partial charge in [0.2, 0.25) is 5.56 Å². The van der Waals surface area contributed by atoms with Gasteiger partial charge in [-0.05, 0) is 12.1 Å². The minimum atomic E-state index is -0.212. The average Bonchev–Trinajstić information content (AvgIpc) is 2.16. The lowest BCUT2D eigenvalue weighted by molar-refractivity contribution is 0.415. The lowest BCUT2D eigenvalue weighted by atomic mass is 10.2. The molecule has 1 N–H and O–H groups in total. The zero-order valence-electron chi connectivity index (χ0n) is 7.50. The third kappa shape index (κ3) is 1.46. The van der Waals surface area contributed by atoms with Gasteiger partial charge < -0.3 is 9.72 Å². The number of fused-ring (bicyclic) bond motifs is 1. The molecule has 0 spiro atoms. The number of hydrogen-bond donors (Lipinski definition) is 1. The summed E-state index contributed by atoms with van der Waals surface area (Å²) in [5.41, 5.74) is 0.470. The minimum absolute atomic E-state index is 0.212. The van der Waals surface area contributed by atoms with Gasteiger partial charge in [0, 0.05) is 17.5 Å². The van der Waals surface area contributed by atoms with Gasteiger partial charge in [-0.2, -0.15) is 0 Å². The quantitative estimate of drug-likeness (QED) is 0.782. The molecule has 0 amide bonds. The second-order valence-electron chi connectivity index (χ2n) is 2.89. The smallest absolute Gasteiger partial charge is 0.249 e. The van der Waals surface area contributed by atoms with Crippen molar-refractivity contribution in [3.8, 4) is 5.75 Å². The Hall–Kier alpha value is -1.48. The van der Waals surface area contributed by atoms with Crippen molar-refractivity contribution in [3.63, 3.8) is 0 Å². The summed E-state index contributed by atoms with van der Waals surface area (Å²) in [5, 5.41) is 1.26. The van der Waals surface area contributed by atoms with E-state index >= 15 is 0 Å². The number of pyridine rings is 1. The molecule has 1 heterocycles. The summed E-state index contributed by atoms with van der Waals surface area (Å²) in [6, 6.07) is 6.71. The van der Waals surface area contributed by atoms with E-state index in [0.717, 1.165) is 5.39 Å². The van der Waals surface area contributed by atoms with Crippen LogP contribution in [0.2, 0.25) is 5.02 Å². The molecular formula is C10H8ClNO2. The first-order valence-electron chi connectivity index (χ1n) is 4.07. The van der Waals surface area contributed by atoms with Crippen molar-refractivity contribution in [3.05, 3.63) is 39.6 Å². The van der Waals surface area contributed by atoms with Crippen LogP contribution in [0.3, 0.4) is 0 Å². The van der Waals surface area contributed by atoms with Gasteiger partial charge in [-0.1, -0.05) is 11.6 Å². The van der Waals surface area contributed by atoms with Crippen LogP contribution in [0.1, 0.15) is 0 Å². The van der Waals surface area contributed by atoms with E-state index in [1.54, 1.807) is 19.2 Å². The van der Waals surface area contributed by atoms with Crippen molar-refractivity contribution < 1.29 is 4.74 Å². The fraction of sp³-hybridized carbons (Fsp3) is 0.100. The fourth-order valence-corrected chi connectivity index (χ4v) is 1.59. The monoisotopic (exact) mass is 209 g/mol. The Morgan fingerprint density at radius 1 is 1.36 bits per heavy atom. The number of aromatic nitrogens is 1. The first-order chi connectivity index (χ1) is 6.70. The van der Waals surface area contributed by atoms with Gasteiger partial charge in [0.25, 0.3) is 0 Å². The zero-order valence-corrected chi connectivity index (χ0v) is 8.26. The van der Waals surface area contributed by atoms with Gasteiger partial charge in [0.05, 0.1) is 17.6 Å². The third-order valence-corrected chi connectivity index (χ3v) is 2.31. The molecule has 0 fully saturated rings.